The molecule has 0 saturated carbocycles. The average Bonchev–Trinajstić information content (AvgIpc) is 3.93. The van der Waals surface area contributed by atoms with E-state index in [0.29, 0.717) is 48.0 Å². The van der Waals surface area contributed by atoms with E-state index in [2.05, 4.69) is 53.3 Å². The lowest BCUT2D eigenvalue weighted by Gasteiger charge is -2.31. The minimum atomic E-state index is -5.77. The summed E-state index contributed by atoms with van der Waals surface area (Å²) in [5.41, 5.74) is 5.75. The molecule has 0 unspecified atom stereocenters. The molecule has 1 amide bonds. The van der Waals surface area contributed by atoms with Crippen molar-refractivity contribution in [2.24, 2.45) is 0 Å². The molecule has 0 atom stereocenters. The number of nitrogens with zero attached hydrogens (tertiary/aromatic N) is 5. The zero-order valence-electron chi connectivity index (χ0n) is 30.9. The number of aromatic amines is 1. The van der Waals surface area contributed by atoms with Gasteiger partial charge in [0.2, 0.25) is 12.2 Å². The Morgan fingerprint density at radius 1 is 0.885 bits per heavy atom. The number of aromatic nitrogens is 5. The van der Waals surface area contributed by atoms with Gasteiger partial charge in [0.25, 0.3) is 5.91 Å². The molecule has 2 aliphatic heterocycles. The van der Waals surface area contributed by atoms with Crippen LogP contribution >= 0.6 is 22.9 Å². The summed E-state index contributed by atoms with van der Waals surface area (Å²) < 4.78 is 104. The molecule has 5 aromatic rings. The number of H-pyrrole nitrogens is 1. The third kappa shape index (κ3) is 13.2. The van der Waals surface area contributed by atoms with E-state index in [1.807, 2.05) is 41.4 Å². The highest BCUT2D eigenvalue weighted by Gasteiger charge is 2.54. The largest absolute Gasteiger partial charge is 0.483 e. The number of carbonyl (C=O) groups is 4. The molecule has 0 radical (unpaired) electrons. The highest BCUT2D eigenvalue weighted by Crippen LogP contribution is 2.33. The number of alkyl halides is 9. The van der Waals surface area contributed by atoms with E-state index in [1.54, 1.807) is 23.7 Å². The molecule has 7 rings (SSSR count). The number of Topliss-reactive ketones (excluding diaryl/α,β-unsaturated/α-hetero) is 2. The smallest absolute Gasteiger partial charge is 0.458 e. The van der Waals surface area contributed by atoms with Crippen LogP contribution in [0.3, 0.4) is 0 Å². The van der Waals surface area contributed by atoms with Gasteiger partial charge in [0, 0.05) is 36.6 Å². The van der Waals surface area contributed by atoms with Gasteiger partial charge in [0.05, 0.1) is 23.0 Å². The maximum atomic E-state index is 13.2. The molecule has 1 aromatic carbocycles. The van der Waals surface area contributed by atoms with E-state index in [1.165, 1.54) is 0 Å². The number of hydrogen-bond donors (Lipinski definition) is 3. The summed E-state index contributed by atoms with van der Waals surface area (Å²) >= 11 is 8.07. The van der Waals surface area contributed by atoms with Crippen molar-refractivity contribution in [2.75, 3.05) is 30.3 Å². The Labute approximate surface area is 347 Å². The Balaban J connectivity index is 0.000000329. The normalized spacial score (nSPS) is 14.2. The number of thiophene rings is 1. The number of fused-ring (bicyclic) bond motifs is 6. The first kappa shape index (κ1) is 46.0. The van der Waals surface area contributed by atoms with Gasteiger partial charge in [-0.3, -0.25) is 29.3 Å². The summed E-state index contributed by atoms with van der Waals surface area (Å²) in [7, 11) is 0. The fraction of sp³-hybridized carbons (Fsp3) is 0.297. The van der Waals surface area contributed by atoms with E-state index in [9.17, 15) is 53.9 Å². The van der Waals surface area contributed by atoms with E-state index < -0.39 is 36.4 Å². The molecule has 1 saturated heterocycles. The predicted octanol–water partition coefficient (Wildman–Crippen LogP) is 8.34. The molecule has 0 aliphatic carbocycles. The molecule has 13 nitrogen and oxygen atoms in total. The number of hydrogen-bond acceptors (Lipinski definition) is 12. The molecule has 24 heteroatoms. The summed E-state index contributed by atoms with van der Waals surface area (Å²) in [4.78, 5) is 57.4. The van der Waals surface area contributed by atoms with E-state index >= 15 is 0 Å². The lowest BCUT2D eigenvalue weighted by molar-refractivity contribution is -0.193. The number of anilines is 4. The second kappa shape index (κ2) is 19.5. The van der Waals surface area contributed by atoms with Crippen LogP contribution in [0.25, 0.3) is 10.6 Å². The van der Waals surface area contributed by atoms with Crippen molar-refractivity contribution in [1.29, 1.82) is 0 Å². The van der Waals surface area contributed by atoms with Crippen LogP contribution < -0.4 is 15.4 Å². The number of ether oxygens (including phenoxy) is 1. The van der Waals surface area contributed by atoms with Crippen molar-refractivity contribution >= 4 is 69.8 Å². The van der Waals surface area contributed by atoms with Gasteiger partial charge in [-0.15, -0.1) is 11.3 Å². The van der Waals surface area contributed by atoms with Crippen LogP contribution in [0.5, 0.6) is 5.75 Å². The topological polar surface area (TPSA) is 172 Å². The number of ketones is 2. The molecule has 3 N–H and O–H groups in total. The molecule has 6 heterocycles. The van der Waals surface area contributed by atoms with Crippen LogP contribution in [0.2, 0.25) is 5.02 Å². The standard InChI is InChI=1S/C31H29ClN8O2S.C4F6O2.C2HF3O/c32-24-17-34-31-36-23-12-19(15-33-16-23)3-4-21-13-22(35-30(24)37-31)5-6-27(21)42-18-29(41)40-9-7-20(8-10-40)25-14-26(39-38-25)28-2-1-11-43-28;5-3(6,7)1(11)2(12)4(8,9)10;3-2(4,5)1-6/h1-2,5-6,11-17,20H,3-4,7-10,18H2,(H,38,39)(H2,34,35,36,37);;1H. The molecular formula is C37H30ClF9N8O5S. The Kier molecular flexibility index (Phi) is 14.7. The number of aldehydes is 1. The van der Waals surface area contributed by atoms with Gasteiger partial charge in [-0.05, 0) is 78.6 Å². The maximum absolute atomic E-state index is 13.2. The number of aryl methyl sites for hydroxylation is 2. The van der Waals surface area contributed by atoms with Crippen molar-refractivity contribution in [3.05, 3.63) is 88.3 Å². The van der Waals surface area contributed by atoms with Crippen molar-refractivity contribution in [2.45, 2.75) is 50.1 Å². The molecule has 1 fully saturated rings. The highest BCUT2D eigenvalue weighted by atomic mass is 35.5. The fourth-order valence-corrected chi connectivity index (χ4v) is 6.59. The average molecular weight is 905 g/mol. The van der Waals surface area contributed by atoms with Gasteiger partial charge in [0.15, 0.2) is 12.4 Å². The minimum Gasteiger partial charge on any atom is -0.483 e. The summed E-state index contributed by atoms with van der Waals surface area (Å²) in [5, 5.41) is 16.7. The van der Waals surface area contributed by atoms with Gasteiger partial charge >= 0.3 is 30.1 Å². The number of halogens is 10. The van der Waals surface area contributed by atoms with E-state index in [0.717, 1.165) is 58.0 Å². The van der Waals surface area contributed by atoms with Crippen molar-refractivity contribution in [3.63, 3.8) is 0 Å². The van der Waals surface area contributed by atoms with E-state index in [4.69, 9.17) is 21.1 Å². The molecular weight excluding hydrogens is 875 g/mol. The number of carbonyl (C=O) groups excluding carboxylic acids is 4. The lowest BCUT2D eigenvalue weighted by Crippen LogP contribution is -2.40. The number of amides is 1. The molecule has 4 aromatic heterocycles. The van der Waals surface area contributed by atoms with Crippen LogP contribution in [0.1, 0.15) is 35.6 Å². The van der Waals surface area contributed by atoms with Crippen molar-refractivity contribution in [3.8, 4) is 16.3 Å². The first-order chi connectivity index (χ1) is 28.7. The lowest BCUT2D eigenvalue weighted by atomic mass is 9.93. The highest BCUT2D eigenvalue weighted by molar-refractivity contribution is 7.13. The van der Waals surface area contributed by atoms with Crippen LogP contribution in [-0.4, -0.2) is 92.0 Å². The van der Waals surface area contributed by atoms with Crippen molar-refractivity contribution < 1.29 is 63.4 Å². The van der Waals surface area contributed by atoms with Crippen LogP contribution in [0.4, 0.5) is 62.7 Å². The Hall–Kier alpha value is -6.10. The van der Waals surface area contributed by atoms with Gasteiger partial charge < -0.3 is 20.3 Å². The summed E-state index contributed by atoms with van der Waals surface area (Å²) in [6, 6.07) is 14.1. The fourth-order valence-electron chi connectivity index (χ4n) is 5.77. The van der Waals surface area contributed by atoms with E-state index in [-0.39, 0.29) is 12.5 Å². The summed E-state index contributed by atoms with van der Waals surface area (Å²) in [5.74, 6) is -4.88. The SMILES string of the molecule is O=C(C(=O)C(F)(F)F)C(F)(F)F.O=C(COc1ccc2cc1CCc1cncc(c1)Nc1ncc(Cl)c(n1)N2)N1CCC(c2cc(-c3cccs3)n[nH]2)CC1.O=CC(F)(F)F. The maximum Gasteiger partial charge on any atom is 0.458 e. The number of nitrogens with one attached hydrogen (secondary N) is 3. The first-order valence-corrected chi connectivity index (χ1v) is 18.8. The van der Waals surface area contributed by atoms with Gasteiger partial charge in [-0.25, -0.2) is 4.98 Å². The summed E-state index contributed by atoms with van der Waals surface area (Å²) in [6.45, 7) is 1.36. The predicted molar refractivity (Wildman–Crippen MR) is 202 cm³/mol. The number of likely N-dealkylation sites (tertiary alicyclic amines) is 1. The van der Waals surface area contributed by atoms with Crippen LogP contribution in [0, 0.1) is 0 Å². The third-order valence-electron chi connectivity index (χ3n) is 8.67. The Bertz CT molecular complexity index is 2310. The zero-order chi connectivity index (χ0) is 44.5. The molecule has 6 bridgehead atoms. The quantitative estimate of drug-likeness (QED) is 0.0850. The first-order valence-electron chi connectivity index (χ1n) is 17.6. The number of piperidine rings is 1. The Morgan fingerprint density at radius 3 is 2.20 bits per heavy atom. The zero-order valence-corrected chi connectivity index (χ0v) is 32.5. The molecule has 61 heavy (non-hydrogen) atoms. The number of rotatable bonds is 6. The molecule has 324 valence electrons. The van der Waals surface area contributed by atoms with Crippen molar-refractivity contribution in [1.82, 2.24) is 30.0 Å². The van der Waals surface area contributed by atoms with Crippen LogP contribution in [-0.2, 0) is 32.0 Å². The second-order valence-electron chi connectivity index (χ2n) is 13.0. The second-order valence-corrected chi connectivity index (χ2v) is 14.3. The van der Waals surface area contributed by atoms with Gasteiger partial charge in [0.1, 0.15) is 16.5 Å². The molecule has 2 aliphatic rings. The minimum absolute atomic E-state index is 0.00958. The number of pyridine rings is 1. The molecule has 0 spiro atoms. The summed E-state index contributed by atoms with van der Waals surface area (Å²) in [6.07, 6.45) is -8.89. The monoisotopic (exact) mass is 904 g/mol. The van der Waals surface area contributed by atoms with Gasteiger partial charge in [-0.2, -0.15) is 49.6 Å². The number of benzene rings is 1. The van der Waals surface area contributed by atoms with Gasteiger partial charge in [-0.1, -0.05) is 17.7 Å². The van der Waals surface area contributed by atoms with Crippen LogP contribution in [0.15, 0.2) is 66.4 Å². The Morgan fingerprint density at radius 2 is 1.57 bits per heavy atom. The third-order valence-corrected chi connectivity index (χ3v) is 9.84.